The van der Waals surface area contributed by atoms with Crippen molar-refractivity contribution in [2.75, 3.05) is 26.3 Å². The summed E-state index contributed by atoms with van der Waals surface area (Å²) in [5.41, 5.74) is -0.0147. The van der Waals surface area contributed by atoms with Crippen molar-refractivity contribution in [1.82, 2.24) is 19.9 Å². The second-order valence-electron chi connectivity index (χ2n) is 4.13. The zero-order chi connectivity index (χ0) is 12.3. The summed E-state index contributed by atoms with van der Waals surface area (Å²) in [5, 5.41) is 16.1. The maximum absolute atomic E-state index is 10.7. The minimum atomic E-state index is -1.05. The molecule has 7 nitrogen and oxygen atoms in total. The summed E-state index contributed by atoms with van der Waals surface area (Å²) in [6, 6.07) is 0.294. The average molecular weight is 240 g/mol. The van der Waals surface area contributed by atoms with E-state index in [1.54, 1.807) is 4.68 Å². The highest BCUT2D eigenvalue weighted by Crippen LogP contribution is 2.06. The van der Waals surface area contributed by atoms with Gasteiger partial charge in [-0.15, -0.1) is 5.10 Å². The minimum Gasteiger partial charge on any atom is -0.476 e. The summed E-state index contributed by atoms with van der Waals surface area (Å²) < 4.78 is 6.85. The number of nitrogens with zero attached hydrogens (tertiary/aromatic N) is 4. The van der Waals surface area contributed by atoms with Gasteiger partial charge < -0.3 is 9.84 Å². The van der Waals surface area contributed by atoms with Crippen LogP contribution in [0.15, 0.2) is 6.20 Å². The fourth-order valence-electron chi connectivity index (χ4n) is 1.89. The van der Waals surface area contributed by atoms with E-state index in [1.807, 2.05) is 0 Å². The van der Waals surface area contributed by atoms with Gasteiger partial charge in [0.1, 0.15) is 0 Å². The summed E-state index contributed by atoms with van der Waals surface area (Å²) in [7, 11) is 0. The Morgan fingerprint density at radius 1 is 1.59 bits per heavy atom. The first-order valence-corrected chi connectivity index (χ1v) is 5.62. The number of aromatic carboxylic acids is 1. The molecule has 1 aromatic rings. The van der Waals surface area contributed by atoms with Gasteiger partial charge in [-0.25, -0.2) is 4.79 Å². The van der Waals surface area contributed by atoms with Crippen LogP contribution in [0.2, 0.25) is 0 Å². The highest BCUT2D eigenvalue weighted by atomic mass is 16.5. The highest BCUT2D eigenvalue weighted by molar-refractivity contribution is 5.84. The number of hydrogen-bond acceptors (Lipinski definition) is 5. The second kappa shape index (κ2) is 5.24. The van der Waals surface area contributed by atoms with Crippen molar-refractivity contribution in [2.24, 2.45) is 0 Å². The Morgan fingerprint density at radius 2 is 2.29 bits per heavy atom. The lowest BCUT2D eigenvalue weighted by atomic mass is 10.2. The number of carboxylic acids is 1. The Balaban J connectivity index is 1.92. The van der Waals surface area contributed by atoms with Crippen LogP contribution < -0.4 is 0 Å². The van der Waals surface area contributed by atoms with Crippen LogP contribution in [0, 0.1) is 0 Å². The first-order chi connectivity index (χ1) is 8.16. The zero-order valence-corrected chi connectivity index (χ0v) is 9.74. The van der Waals surface area contributed by atoms with Crippen LogP contribution in [0.25, 0.3) is 0 Å². The molecular weight excluding hydrogens is 224 g/mol. The predicted molar refractivity (Wildman–Crippen MR) is 58.8 cm³/mol. The van der Waals surface area contributed by atoms with E-state index in [4.69, 9.17) is 9.84 Å². The van der Waals surface area contributed by atoms with Crippen molar-refractivity contribution < 1.29 is 14.6 Å². The number of rotatable bonds is 4. The molecule has 1 N–H and O–H groups in total. The molecule has 1 saturated heterocycles. The van der Waals surface area contributed by atoms with Gasteiger partial charge in [-0.1, -0.05) is 5.21 Å². The Hall–Kier alpha value is -1.47. The molecule has 0 saturated carbocycles. The van der Waals surface area contributed by atoms with E-state index in [2.05, 4.69) is 22.1 Å². The first-order valence-electron chi connectivity index (χ1n) is 5.62. The van der Waals surface area contributed by atoms with E-state index in [1.165, 1.54) is 6.20 Å². The van der Waals surface area contributed by atoms with Gasteiger partial charge in [-0.05, 0) is 6.92 Å². The van der Waals surface area contributed by atoms with E-state index in [-0.39, 0.29) is 5.69 Å². The van der Waals surface area contributed by atoms with Crippen molar-refractivity contribution >= 4 is 5.97 Å². The third-order valence-electron chi connectivity index (χ3n) is 2.88. The van der Waals surface area contributed by atoms with E-state index in [0.717, 1.165) is 26.3 Å². The molecule has 0 aliphatic carbocycles. The number of morpholine rings is 1. The van der Waals surface area contributed by atoms with E-state index in [9.17, 15) is 4.79 Å². The molecule has 0 bridgehead atoms. The standard InChI is InChI=1S/C10H16N4O3/c1-8(13-2-4-17-5-3-13)6-14-7-9(10(15)16)11-12-14/h7-8H,2-6H2,1H3,(H,15,16)/t8-/m0/s1. The van der Waals surface area contributed by atoms with Crippen molar-refractivity contribution in [1.29, 1.82) is 0 Å². The summed E-state index contributed by atoms with van der Waals surface area (Å²) in [5.74, 6) is -1.05. The minimum absolute atomic E-state index is 0.0147. The van der Waals surface area contributed by atoms with E-state index < -0.39 is 5.97 Å². The van der Waals surface area contributed by atoms with E-state index in [0.29, 0.717) is 12.6 Å². The fraction of sp³-hybridized carbons (Fsp3) is 0.700. The lowest BCUT2D eigenvalue weighted by Gasteiger charge is -2.31. The topological polar surface area (TPSA) is 80.5 Å². The molecule has 1 aliphatic heterocycles. The molecule has 1 aliphatic rings. The number of carbonyl (C=O) groups is 1. The summed E-state index contributed by atoms with van der Waals surface area (Å²) in [6.45, 7) is 6.04. The van der Waals surface area contributed by atoms with Crippen LogP contribution >= 0.6 is 0 Å². The van der Waals surface area contributed by atoms with Gasteiger partial charge in [0.15, 0.2) is 5.69 Å². The van der Waals surface area contributed by atoms with Crippen molar-refractivity contribution in [3.8, 4) is 0 Å². The Morgan fingerprint density at radius 3 is 2.88 bits per heavy atom. The van der Waals surface area contributed by atoms with Crippen LogP contribution in [-0.2, 0) is 11.3 Å². The SMILES string of the molecule is C[C@@H](Cn1cc(C(=O)O)nn1)N1CCOCC1. The van der Waals surface area contributed by atoms with Crippen LogP contribution in [0.3, 0.4) is 0 Å². The number of carboxylic acid groups (broad SMARTS) is 1. The molecule has 0 aromatic carbocycles. The molecule has 7 heteroatoms. The van der Waals surface area contributed by atoms with Crippen molar-refractivity contribution in [3.05, 3.63) is 11.9 Å². The quantitative estimate of drug-likeness (QED) is 0.778. The van der Waals surface area contributed by atoms with Crippen LogP contribution in [0.1, 0.15) is 17.4 Å². The van der Waals surface area contributed by atoms with Crippen LogP contribution in [0.5, 0.6) is 0 Å². The van der Waals surface area contributed by atoms with Crippen LogP contribution in [0.4, 0.5) is 0 Å². The van der Waals surface area contributed by atoms with Gasteiger partial charge in [0, 0.05) is 19.1 Å². The molecule has 1 atom stereocenters. The molecular formula is C10H16N4O3. The third-order valence-corrected chi connectivity index (χ3v) is 2.88. The highest BCUT2D eigenvalue weighted by Gasteiger charge is 2.18. The molecule has 0 radical (unpaired) electrons. The molecule has 2 rings (SSSR count). The summed E-state index contributed by atoms with van der Waals surface area (Å²) in [4.78, 5) is 13.0. The maximum atomic E-state index is 10.7. The molecule has 0 spiro atoms. The van der Waals surface area contributed by atoms with Crippen LogP contribution in [-0.4, -0.2) is 63.3 Å². The van der Waals surface area contributed by atoms with E-state index >= 15 is 0 Å². The zero-order valence-electron chi connectivity index (χ0n) is 9.74. The molecule has 17 heavy (non-hydrogen) atoms. The summed E-state index contributed by atoms with van der Waals surface area (Å²) >= 11 is 0. The normalized spacial score (nSPS) is 19.1. The number of hydrogen-bond donors (Lipinski definition) is 1. The third kappa shape index (κ3) is 3.01. The van der Waals surface area contributed by atoms with Crippen molar-refractivity contribution in [2.45, 2.75) is 19.5 Å². The van der Waals surface area contributed by atoms with Gasteiger partial charge in [-0.2, -0.15) is 0 Å². The number of aromatic nitrogens is 3. The molecule has 0 unspecified atom stereocenters. The Bertz CT molecular complexity index is 387. The fourth-order valence-corrected chi connectivity index (χ4v) is 1.89. The van der Waals surface area contributed by atoms with Gasteiger partial charge in [0.25, 0.3) is 0 Å². The molecule has 94 valence electrons. The van der Waals surface area contributed by atoms with Gasteiger partial charge in [0.05, 0.1) is 26.0 Å². The number of ether oxygens (including phenoxy) is 1. The molecule has 2 heterocycles. The monoisotopic (exact) mass is 240 g/mol. The maximum Gasteiger partial charge on any atom is 0.358 e. The first kappa shape index (κ1) is 12.0. The lowest BCUT2D eigenvalue weighted by Crippen LogP contribution is -2.44. The predicted octanol–water partition coefficient (Wildman–Crippen LogP) is -0.303. The Kier molecular flexibility index (Phi) is 3.70. The largest absolute Gasteiger partial charge is 0.476 e. The lowest BCUT2D eigenvalue weighted by molar-refractivity contribution is 0.0161. The van der Waals surface area contributed by atoms with Gasteiger partial charge in [0.2, 0.25) is 0 Å². The molecule has 1 fully saturated rings. The smallest absolute Gasteiger partial charge is 0.358 e. The molecule has 1 aromatic heterocycles. The Labute approximate surface area is 99.0 Å². The second-order valence-corrected chi connectivity index (χ2v) is 4.13. The van der Waals surface area contributed by atoms with Gasteiger partial charge in [-0.3, -0.25) is 9.58 Å². The summed E-state index contributed by atoms with van der Waals surface area (Å²) in [6.07, 6.45) is 1.46. The molecule has 0 amide bonds. The van der Waals surface area contributed by atoms with Crippen molar-refractivity contribution in [3.63, 3.8) is 0 Å². The average Bonchev–Trinajstić information content (AvgIpc) is 2.79. The van der Waals surface area contributed by atoms with Gasteiger partial charge >= 0.3 is 5.97 Å².